The average Bonchev–Trinajstić information content (AvgIpc) is 3.39. The third kappa shape index (κ3) is 3.01. The van der Waals surface area contributed by atoms with Crippen molar-refractivity contribution in [1.82, 2.24) is 10.4 Å². The maximum atomic E-state index is 8.75. The van der Waals surface area contributed by atoms with E-state index in [1.54, 1.807) is 5.01 Å². The summed E-state index contributed by atoms with van der Waals surface area (Å²) in [6, 6.07) is 20.3. The van der Waals surface area contributed by atoms with Gasteiger partial charge in [-0.1, -0.05) is 60.7 Å². The lowest BCUT2D eigenvalue weighted by Crippen LogP contribution is -2.39. The number of hydrazine groups is 1. The first-order chi connectivity index (χ1) is 15.7. The van der Waals surface area contributed by atoms with Crippen LogP contribution in [0.25, 0.3) is 21.9 Å². The first-order valence-electron chi connectivity index (χ1n) is 10.8. The highest BCUT2D eigenvalue weighted by molar-refractivity contribution is 6.13. The van der Waals surface area contributed by atoms with E-state index < -0.39 is 0 Å². The van der Waals surface area contributed by atoms with Gasteiger partial charge in [-0.3, -0.25) is 10.4 Å². The van der Waals surface area contributed by atoms with Crippen LogP contribution in [0.15, 0.2) is 89.4 Å². The molecule has 0 saturated carbocycles. The second kappa shape index (κ2) is 7.39. The standard InChI is InChI=1S/C27H23N3O2/c1-30(27(28)22-10-6-9-21-19-8-3-5-12-24(19)32-26(21)22)29-16-17-13-14-20-18-7-2-4-11-23(18)31-25(20)15-17/h2-15,18,23,28-29H,16H2,1H3. The Kier molecular flexibility index (Phi) is 4.37. The zero-order valence-corrected chi connectivity index (χ0v) is 17.7. The summed E-state index contributed by atoms with van der Waals surface area (Å²) in [5.74, 6) is 1.60. The quantitative estimate of drug-likeness (QED) is 0.259. The lowest BCUT2D eigenvalue weighted by atomic mass is 9.92. The summed E-state index contributed by atoms with van der Waals surface area (Å²) in [5, 5.41) is 12.6. The van der Waals surface area contributed by atoms with E-state index in [4.69, 9.17) is 14.6 Å². The molecule has 0 saturated heterocycles. The molecule has 2 unspecified atom stereocenters. The Morgan fingerprint density at radius 3 is 2.78 bits per heavy atom. The average molecular weight is 422 g/mol. The third-order valence-electron chi connectivity index (χ3n) is 6.30. The van der Waals surface area contributed by atoms with Crippen molar-refractivity contribution in [3.05, 3.63) is 102 Å². The van der Waals surface area contributed by atoms with Gasteiger partial charge in [-0.2, -0.15) is 0 Å². The van der Waals surface area contributed by atoms with Gasteiger partial charge in [0.05, 0.1) is 5.56 Å². The number of benzene rings is 3. The zero-order chi connectivity index (χ0) is 21.7. The van der Waals surface area contributed by atoms with E-state index in [1.807, 2.05) is 55.6 Å². The van der Waals surface area contributed by atoms with Crippen molar-refractivity contribution >= 4 is 27.8 Å². The van der Waals surface area contributed by atoms with Crippen LogP contribution in [0.5, 0.6) is 5.75 Å². The number of rotatable bonds is 4. The molecule has 0 spiro atoms. The number of nitrogens with zero attached hydrogens (tertiary/aromatic N) is 1. The molecule has 0 fully saturated rings. The highest BCUT2D eigenvalue weighted by Gasteiger charge is 2.31. The topological polar surface area (TPSA) is 61.5 Å². The summed E-state index contributed by atoms with van der Waals surface area (Å²) in [5.41, 5.74) is 8.01. The Bertz CT molecular complexity index is 1420. The molecule has 4 aromatic rings. The molecule has 1 aliphatic carbocycles. The van der Waals surface area contributed by atoms with Gasteiger partial charge in [0.15, 0.2) is 0 Å². The number of nitrogens with one attached hydrogen (secondary N) is 2. The number of hydrogen-bond acceptors (Lipinski definition) is 4. The number of hydrogen-bond donors (Lipinski definition) is 2. The van der Waals surface area contributed by atoms with Gasteiger partial charge in [-0.25, -0.2) is 5.43 Å². The van der Waals surface area contributed by atoms with E-state index in [2.05, 4.69) is 41.9 Å². The van der Waals surface area contributed by atoms with Crippen LogP contribution in [0.1, 0.15) is 22.6 Å². The van der Waals surface area contributed by atoms with E-state index in [0.717, 1.165) is 38.8 Å². The highest BCUT2D eigenvalue weighted by Crippen LogP contribution is 2.41. The second-order valence-corrected chi connectivity index (χ2v) is 8.27. The van der Waals surface area contributed by atoms with Gasteiger partial charge < -0.3 is 9.15 Å². The van der Waals surface area contributed by atoms with E-state index >= 15 is 0 Å². The van der Waals surface area contributed by atoms with Crippen LogP contribution < -0.4 is 10.2 Å². The molecule has 2 atom stereocenters. The van der Waals surface area contributed by atoms with Crippen LogP contribution >= 0.6 is 0 Å². The fraction of sp³-hybridized carbons (Fsp3) is 0.148. The Labute approximate surface area is 186 Å². The molecule has 5 heteroatoms. The number of fused-ring (bicyclic) bond motifs is 6. The first kappa shape index (κ1) is 18.9. The number of para-hydroxylation sites is 2. The number of amidine groups is 1. The molecule has 2 N–H and O–H groups in total. The van der Waals surface area contributed by atoms with Gasteiger partial charge in [0.1, 0.15) is 28.9 Å². The lowest BCUT2D eigenvalue weighted by molar-refractivity contribution is 0.268. The molecule has 5 nitrogen and oxygen atoms in total. The smallest absolute Gasteiger partial charge is 0.146 e. The van der Waals surface area contributed by atoms with Gasteiger partial charge in [0, 0.05) is 35.8 Å². The summed E-state index contributed by atoms with van der Waals surface area (Å²) in [4.78, 5) is 0. The van der Waals surface area contributed by atoms with Crippen molar-refractivity contribution in [2.24, 2.45) is 0 Å². The van der Waals surface area contributed by atoms with Gasteiger partial charge >= 0.3 is 0 Å². The molecule has 1 aromatic heterocycles. The summed E-state index contributed by atoms with van der Waals surface area (Å²) in [6.45, 7) is 0.590. The summed E-state index contributed by atoms with van der Waals surface area (Å²) >= 11 is 0. The number of ether oxygens (including phenoxy) is 1. The molecule has 0 radical (unpaired) electrons. The normalized spacial score (nSPS) is 18.5. The van der Waals surface area contributed by atoms with E-state index in [1.165, 1.54) is 5.56 Å². The maximum Gasteiger partial charge on any atom is 0.146 e. The van der Waals surface area contributed by atoms with Crippen molar-refractivity contribution in [2.75, 3.05) is 7.05 Å². The van der Waals surface area contributed by atoms with Crippen LogP contribution in [0.3, 0.4) is 0 Å². The third-order valence-corrected chi connectivity index (χ3v) is 6.30. The minimum atomic E-state index is 0.0957. The molecular formula is C27H23N3O2. The van der Waals surface area contributed by atoms with E-state index in [0.29, 0.717) is 18.3 Å². The van der Waals surface area contributed by atoms with Gasteiger partial charge in [0.25, 0.3) is 0 Å². The summed E-state index contributed by atoms with van der Waals surface area (Å²) in [7, 11) is 1.86. The van der Waals surface area contributed by atoms with Crippen LogP contribution in [-0.2, 0) is 6.54 Å². The largest absolute Gasteiger partial charge is 0.485 e. The van der Waals surface area contributed by atoms with Crippen molar-refractivity contribution in [1.29, 1.82) is 5.41 Å². The molecule has 32 heavy (non-hydrogen) atoms. The van der Waals surface area contributed by atoms with E-state index in [9.17, 15) is 0 Å². The lowest BCUT2D eigenvalue weighted by Gasteiger charge is -2.21. The van der Waals surface area contributed by atoms with E-state index in [-0.39, 0.29) is 6.10 Å². The Hall–Kier alpha value is -3.83. The second-order valence-electron chi connectivity index (χ2n) is 8.27. The predicted octanol–water partition coefficient (Wildman–Crippen LogP) is 5.52. The SMILES string of the molecule is CN(NCc1ccc2c(c1)OC1C=CC=CC21)C(=N)c1cccc2c1oc1ccccc12. The molecule has 0 bridgehead atoms. The first-order valence-corrected chi connectivity index (χ1v) is 10.8. The molecule has 3 aromatic carbocycles. The minimum Gasteiger partial charge on any atom is -0.485 e. The predicted molar refractivity (Wildman–Crippen MR) is 127 cm³/mol. The fourth-order valence-electron chi connectivity index (χ4n) is 4.60. The molecular weight excluding hydrogens is 398 g/mol. The van der Waals surface area contributed by atoms with Crippen molar-refractivity contribution in [2.45, 2.75) is 18.6 Å². The van der Waals surface area contributed by atoms with Crippen LogP contribution in [0.2, 0.25) is 0 Å². The maximum absolute atomic E-state index is 8.75. The molecule has 6 rings (SSSR count). The van der Waals surface area contributed by atoms with Crippen LogP contribution in [0, 0.1) is 5.41 Å². The Morgan fingerprint density at radius 1 is 1.00 bits per heavy atom. The summed E-state index contributed by atoms with van der Waals surface area (Å²) in [6.07, 6.45) is 8.52. The fourth-order valence-corrected chi connectivity index (χ4v) is 4.60. The molecule has 2 heterocycles. The van der Waals surface area contributed by atoms with Gasteiger partial charge in [-0.05, 0) is 29.8 Å². The highest BCUT2D eigenvalue weighted by atomic mass is 16.5. The molecule has 2 aliphatic rings. The molecule has 1 aliphatic heterocycles. The van der Waals surface area contributed by atoms with Crippen molar-refractivity contribution in [3.8, 4) is 5.75 Å². The Balaban J connectivity index is 1.21. The van der Waals surface area contributed by atoms with Gasteiger partial charge in [-0.15, -0.1) is 0 Å². The molecule has 0 amide bonds. The number of furan rings is 1. The molecule has 158 valence electrons. The summed E-state index contributed by atoms with van der Waals surface area (Å²) < 4.78 is 12.2. The zero-order valence-electron chi connectivity index (χ0n) is 17.7. The minimum absolute atomic E-state index is 0.0957. The van der Waals surface area contributed by atoms with Gasteiger partial charge in [0.2, 0.25) is 0 Å². The number of allylic oxidation sites excluding steroid dienone is 2. The van der Waals surface area contributed by atoms with Crippen molar-refractivity contribution in [3.63, 3.8) is 0 Å². The van der Waals surface area contributed by atoms with Crippen LogP contribution in [-0.4, -0.2) is 24.0 Å². The van der Waals surface area contributed by atoms with Crippen molar-refractivity contribution < 1.29 is 9.15 Å². The Morgan fingerprint density at radius 2 is 1.84 bits per heavy atom. The monoisotopic (exact) mass is 421 g/mol. The van der Waals surface area contributed by atoms with Crippen LogP contribution in [0.4, 0.5) is 0 Å².